The minimum Gasteiger partial charge on any atom is -0.507 e. The molecule has 0 bridgehead atoms. The Kier molecular flexibility index (Phi) is 6.34. The summed E-state index contributed by atoms with van der Waals surface area (Å²) in [6.45, 7) is 5.50. The summed E-state index contributed by atoms with van der Waals surface area (Å²) < 4.78 is 5.18. The Hall–Kier alpha value is -3.16. The van der Waals surface area contributed by atoms with Gasteiger partial charge in [-0.05, 0) is 29.8 Å². The summed E-state index contributed by atoms with van der Waals surface area (Å²) in [5, 5.41) is 13.4. The second kappa shape index (κ2) is 9.32. The van der Waals surface area contributed by atoms with Crippen molar-refractivity contribution in [1.29, 1.82) is 0 Å². The van der Waals surface area contributed by atoms with Gasteiger partial charge in [-0.3, -0.25) is 9.59 Å². The van der Waals surface area contributed by atoms with Crippen LogP contribution in [0, 0.1) is 0 Å². The number of quaternary nitrogens is 2. The summed E-state index contributed by atoms with van der Waals surface area (Å²) in [6, 6.07) is 15.7. The van der Waals surface area contributed by atoms with Crippen molar-refractivity contribution >= 4 is 17.4 Å². The minimum absolute atomic E-state index is 0.142. The highest BCUT2D eigenvalue weighted by atomic mass is 16.5. The van der Waals surface area contributed by atoms with E-state index in [9.17, 15) is 14.7 Å². The number of benzene rings is 2. The zero-order valence-electron chi connectivity index (χ0n) is 17.7. The van der Waals surface area contributed by atoms with Crippen LogP contribution >= 0.6 is 0 Å². The van der Waals surface area contributed by atoms with Crippen molar-refractivity contribution in [3.63, 3.8) is 0 Å². The van der Waals surface area contributed by atoms with E-state index in [0.29, 0.717) is 17.9 Å². The number of rotatable bonds is 6. The zero-order valence-corrected chi connectivity index (χ0v) is 17.7. The normalized spacial score (nSPS) is 21.5. The molecule has 7 nitrogen and oxygen atoms in total. The number of Topliss-reactive ketones (excluding diaryl/α,β-unsaturated/α-hetero) is 1. The second-order valence-electron chi connectivity index (χ2n) is 8.00. The molecule has 0 aromatic heterocycles. The number of nitrogens with one attached hydrogen (secondary N) is 1. The molecule has 2 aliphatic heterocycles. The number of hydrogen-bond acceptors (Lipinski definition) is 4. The van der Waals surface area contributed by atoms with Crippen molar-refractivity contribution in [3.8, 4) is 5.75 Å². The predicted octanol–water partition coefficient (Wildman–Crippen LogP) is -0.421. The molecule has 4 rings (SSSR count). The first kappa shape index (κ1) is 21.1. The fourth-order valence-electron chi connectivity index (χ4n) is 4.41. The van der Waals surface area contributed by atoms with Crippen LogP contribution in [-0.2, 0) is 9.59 Å². The van der Waals surface area contributed by atoms with E-state index in [0.717, 1.165) is 38.3 Å². The third-order valence-electron chi connectivity index (χ3n) is 6.13. The molecule has 162 valence electrons. The van der Waals surface area contributed by atoms with Gasteiger partial charge in [0.15, 0.2) is 0 Å². The molecule has 2 heterocycles. The van der Waals surface area contributed by atoms with Crippen LogP contribution in [0.15, 0.2) is 60.2 Å². The number of nitrogens with two attached hydrogens (primary N) is 1. The SMILES string of the molecule is COc1ccc(C(O)=C2C(=O)C(=O)N(CC[NH+]3CC[NH2+]CC3)[C@H]2c2ccccc2)cc1. The molecule has 7 heteroatoms. The fourth-order valence-corrected chi connectivity index (χ4v) is 4.41. The summed E-state index contributed by atoms with van der Waals surface area (Å²) in [6.07, 6.45) is 0. The number of carbonyl (C=O) groups excluding carboxylic acids is 2. The molecule has 2 aromatic carbocycles. The van der Waals surface area contributed by atoms with E-state index in [1.165, 1.54) is 4.90 Å². The monoisotopic (exact) mass is 423 g/mol. The Morgan fingerprint density at radius 1 is 1.10 bits per heavy atom. The van der Waals surface area contributed by atoms with Gasteiger partial charge in [0.2, 0.25) is 0 Å². The number of hydrogen-bond donors (Lipinski definition) is 3. The summed E-state index contributed by atoms with van der Waals surface area (Å²) in [5.74, 6) is -0.688. The highest BCUT2D eigenvalue weighted by Gasteiger charge is 2.46. The van der Waals surface area contributed by atoms with E-state index < -0.39 is 17.7 Å². The van der Waals surface area contributed by atoms with E-state index in [4.69, 9.17) is 4.74 Å². The number of carbonyl (C=O) groups is 2. The molecule has 31 heavy (non-hydrogen) atoms. The molecule has 2 aromatic rings. The molecule has 2 fully saturated rings. The maximum atomic E-state index is 13.0. The van der Waals surface area contributed by atoms with Crippen molar-refractivity contribution < 1.29 is 29.6 Å². The van der Waals surface area contributed by atoms with Crippen molar-refractivity contribution in [1.82, 2.24) is 4.90 Å². The van der Waals surface area contributed by atoms with Crippen molar-refractivity contribution in [2.24, 2.45) is 0 Å². The van der Waals surface area contributed by atoms with Gasteiger partial charge < -0.3 is 25.0 Å². The Morgan fingerprint density at radius 2 is 1.77 bits per heavy atom. The number of likely N-dealkylation sites (tertiary alicyclic amines) is 1. The molecule has 1 amide bonds. The van der Waals surface area contributed by atoms with Gasteiger partial charge in [0.25, 0.3) is 11.7 Å². The molecule has 1 atom stereocenters. The van der Waals surface area contributed by atoms with Crippen LogP contribution < -0.4 is 15.0 Å². The molecular formula is C24H29N3O4+2. The van der Waals surface area contributed by atoms with Gasteiger partial charge >= 0.3 is 0 Å². The number of ether oxygens (including phenoxy) is 1. The second-order valence-corrected chi connectivity index (χ2v) is 8.00. The third-order valence-corrected chi connectivity index (χ3v) is 6.13. The van der Waals surface area contributed by atoms with Gasteiger partial charge in [-0.25, -0.2) is 0 Å². The first-order valence-electron chi connectivity index (χ1n) is 10.7. The average molecular weight is 424 g/mol. The predicted molar refractivity (Wildman–Crippen MR) is 116 cm³/mol. The van der Waals surface area contributed by atoms with E-state index in [1.54, 1.807) is 36.3 Å². The van der Waals surface area contributed by atoms with Crippen LogP contribution in [0.5, 0.6) is 5.75 Å². The number of nitrogens with zero attached hydrogens (tertiary/aromatic N) is 1. The maximum absolute atomic E-state index is 13.0. The lowest BCUT2D eigenvalue weighted by Crippen LogP contribution is -3.20. The van der Waals surface area contributed by atoms with Crippen LogP contribution in [0.2, 0.25) is 0 Å². The van der Waals surface area contributed by atoms with Gasteiger partial charge in [-0.2, -0.15) is 0 Å². The van der Waals surface area contributed by atoms with Crippen LogP contribution in [0.25, 0.3) is 5.76 Å². The van der Waals surface area contributed by atoms with Crippen molar-refractivity contribution in [3.05, 3.63) is 71.3 Å². The summed E-state index contributed by atoms with van der Waals surface area (Å²) in [4.78, 5) is 29.1. The van der Waals surface area contributed by atoms with Gasteiger partial charge in [0.05, 0.1) is 31.8 Å². The maximum Gasteiger partial charge on any atom is 0.295 e. The van der Waals surface area contributed by atoms with Crippen molar-refractivity contribution in [2.75, 3.05) is 46.4 Å². The highest BCUT2D eigenvalue weighted by molar-refractivity contribution is 6.46. The Labute approximate surface area is 181 Å². The first-order valence-corrected chi connectivity index (χ1v) is 10.7. The Balaban J connectivity index is 1.70. The lowest BCUT2D eigenvalue weighted by molar-refractivity contribution is -0.946. The number of aliphatic hydroxyl groups excluding tert-OH is 1. The quantitative estimate of drug-likeness (QED) is 0.335. The molecule has 0 spiro atoms. The average Bonchev–Trinajstić information content (AvgIpc) is 3.08. The Morgan fingerprint density at radius 3 is 2.42 bits per heavy atom. The van der Waals surface area contributed by atoms with E-state index in [2.05, 4.69) is 5.32 Å². The van der Waals surface area contributed by atoms with Crippen LogP contribution in [-0.4, -0.2) is 68.1 Å². The number of amides is 1. The third kappa shape index (κ3) is 4.33. The summed E-state index contributed by atoms with van der Waals surface area (Å²) >= 11 is 0. The molecule has 0 aliphatic carbocycles. The molecule has 0 unspecified atom stereocenters. The minimum atomic E-state index is -0.635. The van der Waals surface area contributed by atoms with Crippen LogP contribution in [0.1, 0.15) is 17.2 Å². The number of piperazine rings is 1. The lowest BCUT2D eigenvalue weighted by atomic mass is 9.95. The van der Waals surface area contributed by atoms with Gasteiger partial charge in [-0.1, -0.05) is 30.3 Å². The van der Waals surface area contributed by atoms with Crippen molar-refractivity contribution in [2.45, 2.75) is 6.04 Å². The van der Waals surface area contributed by atoms with Crippen LogP contribution in [0.3, 0.4) is 0 Å². The molecule has 4 N–H and O–H groups in total. The largest absolute Gasteiger partial charge is 0.507 e. The molecular weight excluding hydrogens is 394 g/mol. The van der Waals surface area contributed by atoms with E-state index in [-0.39, 0.29) is 11.3 Å². The van der Waals surface area contributed by atoms with Crippen LogP contribution in [0.4, 0.5) is 0 Å². The number of ketones is 1. The van der Waals surface area contributed by atoms with Gasteiger partial charge in [0, 0.05) is 5.56 Å². The molecule has 2 saturated heterocycles. The first-order chi connectivity index (χ1) is 15.1. The fraction of sp³-hybridized carbons (Fsp3) is 0.333. The zero-order chi connectivity index (χ0) is 21.8. The molecule has 2 aliphatic rings. The number of aliphatic hydroxyl groups is 1. The van der Waals surface area contributed by atoms with Gasteiger partial charge in [0.1, 0.15) is 37.7 Å². The smallest absolute Gasteiger partial charge is 0.295 e. The molecule has 0 saturated carbocycles. The highest BCUT2D eigenvalue weighted by Crippen LogP contribution is 2.39. The number of methoxy groups -OCH3 is 1. The van der Waals surface area contributed by atoms with E-state index >= 15 is 0 Å². The molecule has 0 radical (unpaired) electrons. The Bertz CT molecular complexity index is 966. The standard InChI is InChI=1S/C24H27N3O4/c1-31-19-9-7-18(8-10-19)22(28)20-21(17-5-3-2-4-6-17)27(24(30)23(20)29)16-15-26-13-11-25-12-14-26/h2-10,21,25,28H,11-16H2,1H3/p+2/t21-/m0/s1. The topological polar surface area (TPSA) is 87.9 Å². The summed E-state index contributed by atoms with van der Waals surface area (Å²) in [5.41, 5.74) is 1.44. The lowest BCUT2D eigenvalue weighted by Gasteiger charge is -2.28. The van der Waals surface area contributed by atoms with E-state index in [1.807, 2.05) is 30.3 Å². The summed E-state index contributed by atoms with van der Waals surface area (Å²) in [7, 11) is 1.57. The van der Waals surface area contributed by atoms with Gasteiger partial charge in [-0.15, -0.1) is 0 Å².